The standard InChI is InChI=1S/C13H15Cl2NO2/c1-2-18-13(17)9-5-6-16(8-9)12-7-10(14)3-4-11(12)15/h3-4,7,9H,2,5-6,8H2,1H3. The lowest BCUT2D eigenvalue weighted by atomic mass is 10.1. The number of hydrogen-bond donors (Lipinski definition) is 0. The van der Waals surface area contributed by atoms with Crippen molar-refractivity contribution in [1.82, 2.24) is 0 Å². The lowest BCUT2D eigenvalue weighted by Gasteiger charge is -2.20. The summed E-state index contributed by atoms with van der Waals surface area (Å²) in [5, 5.41) is 1.30. The molecule has 1 aromatic carbocycles. The van der Waals surface area contributed by atoms with Crippen molar-refractivity contribution in [3.63, 3.8) is 0 Å². The van der Waals surface area contributed by atoms with Crippen LogP contribution in [0.3, 0.4) is 0 Å². The molecule has 0 bridgehead atoms. The third-order valence-electron chi connectivity index (χ3n) is 3.06. The van der Waals surface area contributed by atoms with Gasteiger partial charge in [0.25, 0.3) is 0 Å². The number of halogens is 2. The number of esters is 1. The van der Waals surface area contributed by atoms with E-state index in [1.807, 2.05) is 13.0 Å². The van der Waals surface area contributed by atoms with Crippen LogP contribution in [0.1, 0.15) is 13.3 Å². The number of ether oxygens (including phenoxy) is 1. The van der Waals surface area contributed by atoms with Crippen molar-refractivity contribution in [2.75, 3.05) is 24.6 Å². The highest BCUT2D eigenvalue weighted by atomic mass is 35.5. The summed E-state index contributed by atoms with van der Waals surface area (Å²) in [6.45, 7) is 3.67. The van der Waals surface area contributed by atoms with E-state index in [1.54, 1.807) is 12.1 Å². The van der Waals surface area contributed by atoms with Gasteiger partial charge in [-0.15, -0.1) is 0 Å². The van der Waals surface area contributed by atoms with Gasteiger partial charge in [-0.05, 0) is 31.5 Å². The van der Waals surface area contributed by atoms with E-state index in [0.29, 0.717) is 23.2 Å². The van der Waals surface area contributed by atoms with Gasteiger partial charge in [0, 0.05) is 18.1 Å². The molecule has 3 nitrogen and oxygen atoms in total. The number of hydrogen-bond acceptors (Lipinski definition) is 3. The van der Waals surface area contributed by atoms with Crippen LogP contribution in [-0.2, 0) is 9.53 Å². The van der Waals surface area contributed by atoms with Crippen LogP contribution >= 0.6 is 23.2 Å². The molecule has 0 amide bonds. The molecule has 0 radical (unpaired) electrons. The van der Waals surface area contributed by atoms with E-state index in [-0.39, 0.29) is 11.9 Å². The third kappa shape index (κ3) is 2.90. The van der Waals surface area contributed by atoms with E-state index >= 15 is 0 Å². The predicted molar refractivity (Wildman–Crippen MR) is 73.4 cm³/mol. The summed E-state index contributed by atoms with van der Waals surface area (Å²) in [5.41, 5.74) is 0.885. The van der Waals surface area contributed by atoms with Gasteiger partial charge in [-0.1, -0.05) is 23.2 Å². The van der Waals surface area contributed by atoms with Crippen LogP contribution in [0.25, 0.3) is 0 Å². The minimum absolute atomic E-state index is 0.0694. The first-order valence-electron chi connectivity index (χ1n) is 5.98. The van der Waals surface area contributed by atoms with E-state index in [1.165, 1.54) is 0 Å². The van der Waals surface area contributed by atoms with Crippen molar-refractivity contribution in [2.24, 2.45) is 5.92 Å². The number of rotatable bonds is 3. The van der Waals surface area contributed by atoms with Gasteiger partial charge in [0.15, 0.2) is 0 Å². The SMILES string of the molecule is CCOC(=O)C1CCN(c2cc(Cl)ccc2Cl)C1. The fraction of sp³-hybridized carbons (Fsp3) is 0.462. The maximum absolute atomic E-state index is 11.7. The second kappa shape index (κ2) is 5.81. The van der Waals surface area contributed by atoms with Gasteiger partial charge >= 0.3 is 5.97 Å². The fourth-order valence-corrected chi connectivity index (χ4v) is 2.56. The van der Waals surface area contributed by atoms with E-state index in [2.05, 4.69) is 4.90 Å². The summed E-state index contributed by atoms with van der Waals surface area (Å²) in [6, 6.07) is 5.36. The highest BCUT2D eigenvalue weighted by molar-refractivity contribution is 6.35. The number of carbonyl (C=O) groups is 1. The van der Waals surface area contributed by atoms with Crippen molar-refractivity contribution in [3.8, 4) is 0 Å². The summed E-state index contributed by atoms with van der Waals surface area (Å²) < 4.78 is 5.04. The number of carbonyl (C=O) groups excluding carboxylic acids is 1. The van der Waals surface area contributed by atoms with Crippen LogP contribution in [0.4, 0.5) is 5.69 Å². The van der Waals surface area contributed by atoms with Crippen molar-refractivity contribution < 1.29 is 9.53 Å². The molecule has 2 rings (SSSR count). The van der Waals surface area contributed by atoms with Crippen molar-refractivity contribution >= 4 is 34.9 Å². The van der Waals surface area contributed by atoms with E-state index < -0.39 is 0 Å². The molecule has 98 valence electrons. The van der Waals surface area contributed by atoms with Crippen LogP contribution in [0, 0.1) is 5.92 Å². The molecule has 5 heteroatoms. The summed E-state index contributed by atoms with van der Waals surface area (Å²) in [5.74, 6) is -0.196. The smallest absolute Gasteiger partial charge is 0.310 e. The minimum Gasteiger partial charge on any atom is -0.466 e. The first kappa shape index (κ1) is 13.5. The first-order chi connectivity index (χ1) is 8.61. The topological polar surface area (TPSA) is 29.5 Å². The van der Waals surface area contributed by atoms with E-state index in [0.717, 1.165) is 18.7 Å². The van der Waals surface area contributed by atoms with Crippen LogP contribution in [0.5, 0.6) is 0 Å². The summed E-state index contributed by atoms with van der Waals surface area (Å²) >= 11 is 12.1. The number of nitrogens with zero attached hydrogens (tertiary/aromatic N) is 1. The molecule has 1 heterocycles. The molecule has 1 aromatic rings. The Morgan fingerprint density at radius 2 is 2.28 bits per heavy atom. The van der Waals surface area contributed by atoms with Gasteiger partial charge in [-0.2, -0.15) is 0 Å². The van der Waals surface area contributed by atoms with E-state index in [9.17, 15) is 4.79 Å². The molecule has 0 N–H and O–H groups in total. The molecule has 0 saturated carbocycles. The van der Waals surface area contributed by atoms with Crippen molar-refractivity contribution in [2.45, 2.75) is 13.3 Å². The molecule has 18 heavy (non-hydrogen) atoms. The summed E-state index contributed by atoms with van der Waals surface area (Å²) in [6.07, 6.45) is 0.793. The second-order valence-electron chi connectivity index (χ2n) is 4.28. The lowest BCUT2D eigenvalue weighted by molar-refractivity contribution is -0.147. The molecule has 0 aliphatic carbocycles. The minimum atomic E-state index is -0.127. The zero-order valence-electron chi connectivity index (χ0n) is 10.2. The van der Waals surface area contributed by atoms with Crippen LogP contribution in [0.2, 0.25) is 10.0 Å². The van der Waals surface area contributed by atoms with Crippen molar-refractivity contribution in [1.29, 1.82) is 0 Å². The second-order valence-corrected chi connectivity index (χ2v) is 5.12. The highest BCUT2D eigenvalue weighted by Gasteiger charge is 2.30. The molecule has 0 aromatic heterocycles. The average molecular weight is 288 g/mol. The van der Waals surface area contributed by atoms with E-state index in [4.69, 9.17) is 27.9 Å². The summed E-state index contributed by atoms with van der Waals surface area (Å²) in [4.78, 5) is 13.7. The van der Waals surface area contributed by atoms with Gasteiger partial charge < -0.3 is 9.64 Å². The average Bonchev–Trinajstić information content (AvgIpc) is 2.82. The molecule has 0 spiro atoms. The Morgan fingerprint density at radius 1 is 1.50 bits per heavy atom. The molecule has 1 atom stereocenters. The Hall–Kier alpha value is -0.930. The van der Waals surface area contributed by atoms with Gasteiger partial charge in [-0.3, -0.25) is 4.79 Å². The highest BCUT2D eigenvalue weighted by Crippen LogP contribution is 2.32. The molecule has 1 unspecified atom stereocenters. The Labute approximate surface area is 117 Å². The van der Waals surface area contributed by atoms with Gasteiger partial charge in [-0.25, -0.2) is 0 Å². The number of benzene rings is 1. The normalized spacial score (nSPS) is 19.1. The Balaban J connectivity index is 2.08. The maximum Gasteiger partial charge on any atom is 0.310 e. The monoisotopic (exact) mass is 287 g/mol. The van der Waals surface area contributed by atoms with Crippen LogP contribution in [-0.4, -0.2) is 25.7 Å². The van der Waals surface area contributed by atoms with Gasteiger partial charge in [0.05, 0.1) is 23.2 Å². The zero-order valence-corrected chi connectivity index (χ0v) is 11.7. The maximum atomic E-state index is 11.7. The molecule has 1 saturated heterocycles. The molecule has 1 aliphatic rings. The Bertz CT molecular complexity index is 451. The lowest BCUT2D eigenvalue weighted by Crippen LogP contribution is -2.24. The molecule has 1 fully saturated rings. The zero-order chi connectivity index (χ0) is 13.1. The fourth-order valence-electron chi connectivity index (χ4n) is 2.16. The van der Waals surface area contributed by atoms with Crippen molar-refractivity contribution in [3.05, 3.63) is 28.2 Å². The Kier molecular flexibility index (Phi) is 4.36. The van der Waals surface area contributed by atoms with Crippen LogP contribution in [0.15, 0.2) is 18.2 Å². The summed E-state index contributed by atoms with van der Waals surface area (Å²) in [7, 11) is 0. The van der Waals surface area contributed by atoms with Gasteiger partial charge in [0.1, 0.15) is 0 Å². The number of anilines is 1. The molecular formula is C13H15Cl2NO2. The molecule has 1 aliphatic heterocycles. The van der Waals surface area contributed by atoms with Gasteiger partial charge in [0.2, 0.25) is 0 Å². The largest absolute Gasteiger partial charge is 0.466 e. The Morgan fingerprint density at radius 3 is 3.00 bits per heavy atom. The third-order valence-corrected chi connectivity index (χ3v) is 3.61. The molecular weight excluding hydrogens is 273 g/mol. The quantitative estimate of drug-likeness (QED) is 0.798. The van der Waals surface area contributed by atoms with Crippen LogP contribution < -0.4 is 4.90 Å². The first-order valence-corrected chi connectivity index (χ1v) is 6.74. The predicted octanol–water partition coefficient (Wildman–Crippen LogP) is 3.38.